The summed E-state index contributed by atoms with van der Waals surface area (Å²) in [7, 11) is 0. The number of ether oxygens (including phenoxy) is 1. The Morgan fingerprint density at radius 3 is 2.51 bits per heavy atom. The van der Waals surface area contributed by atoms with Crippen molar-refractivity contribution in [3.63, 3.8) is 0 Å². The number of benzene rings is 2. The number of carbonyl (C=O) groups excluding carboxylic acids is 2. The van der Waals surface area contributed by atoms with Gasteiger partial charge in [0.15, 0.2) is 4.91 Å². The summed E-state index contributed by atoms with van der Waals surface area (Å²) in [5.41, 5.74) is 2.44. The largest absolute Gasteiger partial charge is 0.628 e. The molecule has 10 heteroatoms. The van der Waals surface area contributed by atoms with Crippen LogP contribution < -0.4 is 0 Å². The zero-order chi connectivity index (χ0) is 28.1. The number of hydrazone groups is 1. The number of halogens is 2. The van der Waals surface area contributed by atoms with Crippen molar-refractivity contribution in [2.45, 2.75) is 52.8 Å². The van der Waals surface area contributed by atoms with Crippen LogP contribution in [0.15, 0.2) is 70.2 Å². The highest BCUT2D eigenvalue weighted by molar-refractivity contribution is 7.94. The molecule has 0 saturated carbocycles. The highest BCUT2D eigenvalue weighted by atomic mass is 32.2. The van der Waals surface area contributed by atoms with Gasteiger partial charge in [-0.05, 0) is 63.6 Å². The Bertz CT molecular complexity index is 1580. The molecule has 3 aromatic rings. The van der Waals surface area contributed by atoms with Gasteiger partial charge in [-0.15, -0.1) is 9.52 Å². The quantitative estimate of drug-likeness (QED) is 0.254. The van der Waals surface area contributed by atoms with Gasteiger partial charge in [-0.3, -0.25) is 9.59 Å². The molecular formula is C29H28F2N3O4S. The van der Waals surface area contributed by atoms with Crippen molar-refractivity contribution in [1.82, 2.24) is 8.98 Å². The average Bonchev–Trinajstić information content (AvgIpc) is 3.11. The minimum Gasteiger partial charge on any atom is -0.628 e. The van der Waals surface area contributed by atoms with Crippen LogP contribution in [0.5, 0.6) is 0 Å². The zero-order valence-electron chi connectivity index (χ0n) is 22.0. The van der Waals surface area contributed by atoms with Crippen molar-refractivity contribution in [2.24, 2.45) is 5.10 Å². The number of esters is 1. The van der Waals surface area contributed by atoms with Gasteiger partial charge in [0.05, 0.1) is 5.57 Å². The van der Waals surface area contributed by atoms with Gasteiger partial charge in [0.2, 0.25) is 5.78 Å². The summed E-state index contributed by atoms with van der Waals surface area (Å²) in [6, 6.07) is 9.98. The number of thiol groups is 1. The molecule has 1 unspecified atom stereocenters. The van der Waals surface area contributed by atoms with Gasteiger partial charge in [-0.1, -0.05) is 35.6 Å². The second-order valence-corrected chi connectivity index (χ2v) is 11.9. The van der Waals surface area contributed by atoms with E-state index in [1.54, 1.807) is 62.6 Å². The predicted molar refractivity (Wildman–Crippen MR) is 146 cm³/mol. The molecule has 0 fully saturated rings. The van der Waals surface area contributed by atoms with Gasteiger partial charge < -0.3 is 13.9 Å². The molecule has 0 N–H and O–H groups in total. The fraction of sp³-hybridized carbons (Fsp3) is 0.276. The molecule has 2 aliphatic rings. The van der Waals surface area contributed by atoms with Crippen LogP contribution >= 0.6 is 0 Å². The number of carbonyl (C=O) groups is 2. The summed E-state index contributed by atoms with van der Waals surface area (Å²) in [5, 5.41) is 5.21. The van der Waals surface area contributed by atoms with E-state index in [-0.39, 0.29) is 30.2 Å². The number of nitrogens with zero attached hydrogens (tertiary/aromatic N) is 3. The minimum atomic E-state index is -2.36. The van der Waals surface area contributed by atoms with Crippen molar-refractivity contribution in [3.05, 3.63) is 93.6 Å². The van der Waals surface area contributed by atoms with Crippen LogP contribution in [-0.4, -0.2) is 36.6 Å². The maximum absolute atomic E-state index is 14.6. The maximum Gasteiger partial charge on any atom is 0.326 e. The first kappa shape index (κ1) is 26.8. The summed E-state index contributed by atoms with van der Waals surface area (Å²) in [6.07, 6.45) is 3.50. The average molecular weight is 553 g/mol. The van der Waals surface area contributed by atoms with Crippen molar-refractivity contribution >= 4 is 39.7 Å². The molecule has 203 valence electrons. The van der Waals surface area contributed by atoms with Crippen LogP contribution in [0.4, 0.5) is 8.78 Å². The van der Waals surface area contributed by atoms with E-state index in [1.165, 1.54) is 28.7 Å². The normalized spacial score (nSPS) is 17.5. The van der Waals surface area contributed by atoms with E-state index in [9.17, 15) is 22.9 Å². The lowest BCUT2D eigenvalue weighted by molar-refractivity contribution is -0.155. The first-order valence-electron chi connectivity index (χ1n) is 12.5. The molecule has 0 saturated heterocycles. The van der Waals surface area contributed by atoms with Gasteiger partial charge in [-0.25, -0.2) is 8.78 Å². The number of hydrogen-bond donors (Lipinski definition) is 0. The van der Waals surface area contributed by atoms with Crippen molar-refractivity contribution in [1.29, 1.82) is 0 Å². The third kappa shape index (κ3) is 5.26. The molecule has 39 heavy (non-hydrogen) atoms. The van der Waals surface area contributed by atoms with E-state index < -0.39 is 34.6 Å². The molecule has 0 spiro atoms. The van der Waals surface area contributed by atoms with Crippen LogP contribution in [0, 0.1) is 18.6 Å². The lowest BCUT2D eigenvalue weighted by atomic mass is 9.94. The Morgan fingerprint density at radius 2 is 1.82 bits per heavy atom. The van der Waals surface area contributed by atoms with E-state index >= 15 is 0 Å². The van der Waals surface area contributed by atoms with Gasteiger partial charge in [0.1, 0.15) is 36.0 Å². The van der Waals surface area contributed by atoms with Crippen LogP contribution in [0.25, 0.3) is 10.9 Å². The van der Waals surface area contributed by atoms with Crippen molar-refractivity contribution in [2.75, 3.05) is 0 Å². The van der Waals surface area contributed by atoms with E-state index in [0.29, 0.717) is 39.0 Å². The molecule has 2 heterocycles. The molecule has 7 nitrogen and oxygen atoms in total. The van der Waals surface area contributed by atoms with Gasteiger partial charge >= 0.3 is 5.97 Å². The molecule has 1 atom stereocenters. The second-order valence-electron chi connectivity index (χ2n) is 10.5. The fourth-order valence-electron chi connectivity index (χ4n) is 4.83. The molecule has 2 aromatic carbocycles. The molecule has 1 aliphatic carbocycles. The molecule has 1 aromatic heterocycles. The summed E-state index contributed by atoms with van der Waals surface area (Å²) in [5.74, 6) is -1.63. The molecule has 5 rings (SSSR count). The molecule has 0 bridgehead atoms. The summed E-state index contributed by atoms with van der Waals surface area (Å²) in [6.45, 7) is 7.07. The fourth-order valence-corrected chi connectivity index (χ4v) is 6.22. The number of fused-ring (bicyclic) bond motifs is 1. The third-order valence-corrected chi connectivity index (χ3v) is 7.97. The summed E-state index contributed by atoms with van der Waals surface area (Å²) in [4.78, 5) is 25.9. The van der Waals surface area contributed by atoms with E-state index in [2.05, 4.69) is 0 Å². The standard InChI is InChI=1S/C29H28F2N3O4S/c1-17-26(22-14-20(31)12-13-23(22)33(17)16-25(36)38-29(2,3)4)27-21-6-5-7-24(35)28(21)39(37)34(32-27)15-18-8-10-19(30)11-9-18/h5-6,8-14,39H,7,15-16H2,1-4H3. The Hall–Kier alpha value is -3.76. The smallest absolute Gasteiger partial charge is 0.326 e. The van der Waals surface area contributed by atoms with E-state index in [4.69, 9.17) is 9.84 Å². The molecule has 1 radical (unpaired) electrons. The number of Topliss-reactive ketones (excluding diaryl/α,β-unsaturated/α-hetero) is 1. The van der Waals surface area contributed by atoms with E-state index in [0.717, 1.165) is 0 Å². The first-order chi connectivity index (χ1) is 18.4. The topological polar surface area (TPSA) is 87.0 Å². The lowest BCUT2D eigenvalue weighted by Gasteiger charge is -2.34. The van der Waals surface area contributed by atoms with Crippen LogP contribution in [0.2, 0.25) is 0 Å². The van der Waals surface area contributed by atoms with Crippen LogP contribution in [0.3, 0.4) is 0 Å². The van der Waals surface area contributed by atoms with Gasteiger partial charge in [0.25, 0.3) is 0 Å². The third-order valence-electron chi connectivity index (χ3n) is 6.45. The maximum atomic E-state index is 14.6. The Labute approximate surface area is 227 Å². The number of ketones is 1. The Morgan fingerprint density at radius 1 is 1.13 bits per heavy atom. The summed E-state index contributed by atoms with van der Waals surface area (Å²) >= 11 is -2.36. The lowest BCUT2D eigenvalue weighted by Crippen LogP contribution is -2.37. The number of hydrogen-bond acceptors (Lipinski definition) is 6. The number of allylic oxidation sites excluding steroid dienone is 4. The molecule has 1 aliphatic heterocycles. The van der Waals surface area contributed by atoms with Crippen molar-refractivity contribution < 1.29 is 27.7 Å². The zero-order valence-corrected chi connectivity index (χ0v) is 22.9. The highest BCUT2D eigenvalue weighted by Gasteiger charge is 2.37. The molecular weight excluding hydrogens is 524 g/mol. The highest BCUT2D eigenvalue weighted by Crippen LogP contribution is 2.37. The Balaban J connectivity index is 1.68. The number of aromatic nitrogens is 1. The summed E-state index contributed by atoms with van der Waals surface area (Å²) < 4.78 is 50.2. The second kappa shape index (κ2) is 10.1. The van der Waals surface area contributed by atoms with Crippen molar-refractivity contribution in [3.8, 4) is 0 Å². The van der Waals surface area contributed by atoms with Crippen LogP contribution in [-0.2, 0) is 38.8 Å². The van der Waals surface area contributed by atoms with E-state index in [1.807, 2.05) is 0 Å². The molecule has 0 amide bonds. The van der Waals surface area contributed by atoms with Gasteiger partial charge in [-0.2, -0.15) is 0 Å². The SMILES string of the molecule is Cc1c(C2=NN(Cc3ccc(F)cc3)[SH+]([O-])C3=C2C=CCC3=O)c2cc(F)ccc2n1CC(=O)OC(C)(C)C. The van der Waals surface area contributed by atoms with Crippen LogP contribution in [0.1, 0.15) is 44.0 Å². The van der Waals surface area contributed by atoms with Gasteiger partial charge in [0, 0.05) is 28.6 Å². The minimum absolute atomic E-state index is 0.0662. The monoisotopic (exact) mass is 552 g/mol. The number of rotatable bonds is 5. The Kier molecular flexibility index (Phi) is 6.94. The first-order valence-corrected chi connectivity index (χ1v) is 13.7. The predicted octanol–water partition coefficient (Wildman–Crippen LogP) is 4.97.